The van der Waals surface area contributed by atoms with Crippen molar-refractivity contribution in [1.29, 1.82) is 0 Å². The molecule has 94 valence electrons. The zero-order chi connectivity index (χ0) is 12.7. The molecule has 17 heavy (non-hydrogen) atoms. The Morgan fingerprint density at radius 3 is 2.88 bits per heavy atom. The highest BCUT2D eigenvalue weighted by atomic mass is 16.2. The van der Waals surface area contributed by atoms with Gasteiger partial charge in [-0.2, -0.15) is 0 Å². The number of amides is 1. The maximum Gasteiger partial charge on any atom is 0.239 e. The molecule has 5 heteroatoms. The third-order valence-corrected chi connectivity index (χ3v) is 2.41. The predicted molar refractivity (Wildman–Crippen MR) is 70.4 cm³/mol. The Kier molecular flexibility index (Phi) is 5.26. The summed E-state index contributed by atoms with van der Waals surface area (Å²) in [6.07, 6.45) is 4.44. The molecule has 1 amide bonds. The summed E-state index contributed by atoms with van der Waals surface area (Å²) in [4.78, 5) is 17.5. The van der Waals surface area contributed by atoms with E-state index in [1.165, 1.54) is 0 Å². The van der Waals surface area contributed by atoms with Crippen LogP contribution in [0, 0.1) is 0 Å². The van der Waals surface area contributed by atoms with Crippen molar-refractivity contribution >= 4 is 17.3 Å². The fourth-order valence-corrected chi connectivity index (χ4v) is 1.40. The summed E-state index contributed by atoms with van der Waals surface area (Å²) in [7, 11) is 3.72. The zero-order valence-corrected chi connectivity index (χ0v) is 10.7. The summed E-state index contributed by atoms with van der Waals surface area (Å²) < 4.78 is 0. The molecule has 1 aromatic heterocycles. The van der Waals surface area contributed by atoms with Crippen LogP contribution in [0.15, 0.2) is 18.5 Å². The number of carbonyl (C=O) groups is 1. The molecule has 0 unspecified atom stereocenters. The summed E-state index contributed by atoms with van der Waals surface area (Å²) >= 11 is 0. The second-order valence-corrected chi connectivity index (χ2v) is 3.89. The summed E-state index contributed by atoms with van der Waals surface area (Å²) in [5, 5.41) is 5.87. The summed E-state index contributed by atoms with van der Waals surface area (Å²) in [5.74, 6) is 0.0317. The zero-order valence-electron chi connectivity index (χ0n) is 10.7. The highest BCUT2D eigenvalue weighted by molar-refractivity contribution is 5.81. The van der Waals surface area contributed by atoms with Crippen LogP contribution < -0.4 is 15.5 Å². The summed E-state index contributed by atoms with van der Waals surface area (Å²) in [5.41, 5.74) is 1.85. The first-order chi connectivity index (χ1) is 8.17. The molecule has 0 atom stereocenters. The lowest BCUT2D eigenvalue weighted by Gasteiger charge is -2.18. The van der Waals surface area contributed by atoms with Crippen molar-refractivity contribution in [3.05, 3.63) is 18.5 Å². The predicted octanol–water partition coefficient (Wildman–Crippen LogP) is 1.09. The van der Waals surface area contributed by atoms with Gasteiger partial charge in [0, 0.05) is 20.6 Å². The molecule has 0 saturated heterocycles. The highest BCUT2D eigenvalue weighted by Gasteiger charge is 2.07. The van der Waals surface area contributed by atoms with Gasteiger partial charge in [0.25, 0.3) is 0 Å². The van der Waals surface area contributed by atoms with Crippen LogP contribution in [0.25, 0.3) is 0 Å². The maximum absolute atomic E-state index is 11.6. The Morgan fingerprint density at radius 1 is 1.47 bits per heavy atom. The fourth-order valence-electron chi connectivity index (χ4n) is 1.40. The van der Waals surface area contributed by atoms with E-state index in [2.05, 4.69) is 15.6 Å². The molecule has 5 nitrogen and oxygen atoms in total. The molecule has 0 aliphatic carbocycles. The van der Waals surface area contributed by atoms with Crippen molar-refractivity contribution in [1.82, 2.24) is 10.3 Å². The third-order valence-electron chi connectivity index (χ3n) is 2.41. The average molecular weight is 236 g/mol. The van der Waals surface area contributed by atoms with Gasteiger partial charge < -0.3 is 15.5 Å². The Bertz CT molecular complexity index is 367. The minimum absolute atomic E-state index is 0.0317. The SMILES string of the molecule is CCCNC(=O)CN(C)c1cncc(NC)c1. The van der Waals surface area contributed by atoms with Gasteiger partial charge in [0.1, 0.15) is 0 Å². The van der Waals surface area contributed by atoms with Crippen molar-refractivity contribution in [3.63, 3.8) is 0 Å². The average Bonchev–Trinajstić information content (AvgIpc) is 2.36. The Morgan fingerprint density at radius 2 is 2.24 bits per heavy atom. The van der Waals surface area contributed by atoms with Crippen molar-refractivity contribution in [3.8, 4) is 0 Å². The van der Waals surface area contributed by atoms with Gasteiger partial charge in [-0.25, -0.2) is 0 Å². The minimum Gasteiger partial charge on any atom is -0.387 e. The number of carbonyl (C=O) groups excluding carboxylic acids is 1. The monoisotopic (exact) mass is 236 g/mol. The molecule has 1 rings (SSSR count). The van der Waals surface area contributed by atoms with Gasteiger partial charge in [-0.3, -0.25) is 9.78 Å². The molecular weight excluding hydrogens is 216 g/mol. The van der Waals surface area contributed by atoms with Crippen molar-refractivity contribution < 1.29 is 4.79 Å². The number of nitrogens with zero attached hydrogens (tertiary/aromatic N) is 2. The van der Waals surface area contributed by atoms with E-state index in [1.54, 1.807) is 12.4 Å². The standard InChI is InChI=1S/C12H20N4O/c1-4-5-15-12(17)9-16(3)11-6-10(13-2)7-14-8-11/h6-8,13H,4-5,9H2,1-3H3,(H,15,17). The van der Waals surface area contributed by atoms with E-state index in [0.717, 1.165) is 24.3 Å². The second-order valence-electron chi connectivity index (χ2n) is 3.89. The van der Waals surface area contributed by atoms with E-state index in [1.807, 2.05) is 32.0 Å². The van der Waals surface area contributed by atoms with Crippen LogP contribution in [0.5, 0.6) is 0 Å². The van der Waals surface area contributed by atoms with Crippen LogP contribution in [0.3, 0.4) is 0 Å². The van der Waals surface area contributed by atoms with Crippen LogP contribution in [0.1, 0.15) is 13.3 Å². The van der Waals surface area contributed by atoms with Crippen molar-refractivity contribution in [2.24, 2.45) is 0 Å². The molecule has 0 radical (unpaired) electrons. The normalized spacial score (nSPS) is 9.82. The van der Waals surface area contributed by atoms with Gasteiger partial charge >= 0.3 is 0 Å². The van der Waals surface area contributed by atoms with Crippen LogP contribution in [-0.4, -0.2) is 38.1 Å². The van der Waals surface area contributed by atoms with E-state index >= 15 is 0 Å². The summed E-state index contributed by atoms with van der Waals surface area (Å²) in [6, 6.07) is 1.96. The number of nitrogens with one attached hydrogen (secondary N) is 2. The van der Waals surface area contributed by atoms with Crippen molar-refractivity contribution in [2.75, 3.05) is 37.4 Å². The van der Waals surface area contributed by atoms with Crippen molar-refractivity contribution in [2.45, 2.75) is 13.3 Å². The van der Waals surface area contributed by atoms with Gasteiger partial charge in [0.05, 0.1) is 30.3 Å². The molecule has 0 aliphatic rings. The molecule has 2 N–H and O–H groups in total. The van der Waals surface area contributed by atoms with Crippen LogP contribution in [0.2, 0.25) is 0 Å². The van der Waals surface area contributed by atoms with Crippen LogP contribution in [0.4, 0.5) is 11.4 Å². The first-order valence-corrected chi connectivity index (χ1v) is 5.78. The third kappa shape index (κ3) is 4.30. The highest BCUT2D eigenvalue weighted by Crippen LogP contribution is 2.15. The molecule has 0 saturated carbocycles. The first kappa shape index (κ1) is 13.3. The Balaban J connectivity index is 2.56. The number of likely N-dealkylation sites (N-methyl/N-ethyl adjacent to an activating group) is 1. The Labute approximate surface area is 102 Å². The number of rotatable bonds is 6. The van der Waals surface area contributed by atoms with Gasteiger partial charge in [0.15, 0.2) is 0 Å². The van der Waals surface area contributed by atoms with E-state index in [-0.39, 0.29) is 5.91 Å². The number of pyridine rings is 1. The molecule has 0 aromatic carbocycles. The first-order valence-electron chi connectivity index (χ1n) is 5.78. The topological polar surface area (TPSA) is 57.3 Å². The number of hydrogen-bond donors (Lipinski definition) is 2. The van der Waals surface area contributed by atoms with E-state index in [9.17, 15) is 4.79 Å². The lowest BCUT2D eigenvalue weighted by Crippen LogP contribution is -2.35. The van der Waals surface area contributed by atoms with E-state index in [4.69, 9.17) is 0 Å². The van der Waals surface area contributed by atoms with Gasteiger partial charge in [-0.1, -0.05) is 6.92 Å². The molecular formula is C12H20N4O. The lowest BCUT2D eigenvalue weighted by molar-refractivity contribution is -0.119. The molecule has 1 heterocycles. The fraction of sp³-hybridized carbons (Fsp3) is 0.500. The van der Waals surface area contributed by atoms with Gasteiger partial charge in [-0.05, 0) is 12.5 Å². The molecule has 0 bridgehead atoms. The van der Waals surface area contributed by atoms with Crippen LogP contribution >= 0.6 is 0 Å². The summed E-state index contributed by atoms with van der Waals surface area (Å²) in [6.45, 7) is 3.10. The molecule has 0 spiro atoms. The quantitative estimate of drug-likeness (QED) is 0.776. The smallest absolute Gasteiger partial charge is 0.239 e. The number of anilines is 2. The van der Waals surface area contributed by atoms with Crippen LogP contribution in [-0.2, 0) is 4.79 Å². The lowest BCUT2D eigenvalue weighted by atomic mass is 10.3. The Hall–Kier alpha value is -1.78. The van der Waals surface area contributed by atoms with E-state index < -0.39 is 0 Å². The largest absolute Gasteiger partial charge is 0.387 e. The second kappa shape index (κ2) is 6.73. The molecule has 0 aliphatic heterocycles. The number of aromatic nitrogens is 1. The van der Waals surface area contributed by atoms with Gasteiger partial charge in [0.2, 0.25) is 5.91 Å². The maximum atomic E-state index is 11.6. The molecule has 1 aromatic rings. The number of hydrogen-bond acceptors (Lipinski definition) is 4. The van der Waals surface area contributed by atoms with Gasteiger partial charge in [-0.15, -0.1) is 0 Å². The minimum atomic E-state index is 0.0317. The van der Waals surface area contributed by atoms with E-state index in [0.29, 0.717) is 6.54 Å². The molecule has 0 fully saturated rings.